The predicted octanol–water partition coefficient (Wildman–Crippen LogP) is 4.21. The number of fused-ring (bicyclic) bond motifs is 1. The first-order valence-electron chi connectivity index (χ1n) is 4.00. The summed E-state index contributed by atoms with van der Waals surface area (Å²) in [5.41, 5.74) is 1.20. The second-order valence-corrected chi connectivity index (χ2v) is 4.80. The molecule has 1 aromatic heterocycles. The normalized spacial score (nSPS) is 10.9. The molecule has 1 heterocycles. The zero-order valence-electron chi connectivity index (χ0n) is 7.31. The Hall–Kier alpha value is -0.480. The molecule has 0 bridgehead atoms. The topological polar surface area (TPSA) is 12.9 Å². The number of aryl methyl sites for hydroxylation is 1. The minimum absolute atomic E-state index is 0.307. The van der Waals surface area contributed by atoms with E-state index in [1.54, 1.807) is 0 Å². The fourth-order valence-corrected chi connectivity index (χ4v) is 2.39. The van der Waals surface area contributed by atoms with Gasteiger partial charge in [0.25, 0.3) is 0 Å². The standard InChI is InChI=1S/C10H6Br2FN/c1-5-2-8(12)7-3-6(11)4-9(13)10(7)14-5/h2-4H,1H3. The first kappa shape index (κ1) is 10.1. The molecule has 0 saturated heterocycles. The van der Waals surface area contributed by atoms with E-state index in [1.807, 2.05) is 19.1 Å². The van der Waals surface area contributed by atoms with E-state index in [0.29, 0.717) is 9.99 Å². The number of hydrogen-bond donors (Lipinski definition) is 0. The molecular weight excluding hydrogens is 313 g/mol. The molecule has 1 nitrogen and oxygen atoms in total. The zero-order chi connectivity index (χ0) is 10.3. The smallest absolute Gasteiger partial charge is 0.150 e. The van der Waals surface area contributed by atoms with Gasteiger partial charge in [-0.2, -0.15) is 0 Å². The van der Waals surface area contributed by atoms with Crippen molar-refractivity contribution in [2.75, 3.05) is 0 Å². The Morgan fingerprint density at radius 2 is 1.93 bits per heavy atom. The van der Waals surface area contributed by atoms with Gasteiger partial charge in [-0.3, -0.25) is 0 Å². The van der Waals surface area contributed by atoms with Gasteiger partial charge in [0, 0.05) is 20.0 Å². The number of aromatic nitrogens is 1. The molecule has 0 amide bonds. The molecule has 0 atom stereocenters. The van der Waals surface area contributed by atoms with E-state index in [4.69, 9.17) is 0 Å². The van der Waals surface area contributed by atoms with Gasteiger partial charge in [-0.1, -0.05) is 31.9 Å². The molecule has 14 heavy (non-hydrogen) atoms. The maximum atomic E-state index is 13.5. The Labute approximate surface area is 97.6 Å². The molecule has 0 unspecified atom stereocenters. The lowest BCUT2D eigenvalue weighted by Gasteiger charge is -2.03. The van der Waals surface area contributed by atoms with Crippen LogP contribution in [0.3, 0.4) is 0 Å². The first-order chi connectivity index (χ1) is 6.58. The van der Waals surface area contributed by atoms with Gasteiger partial charge in [-0.25, -0.2) is 9.37 Å². The molecule has 0 radical (unpaired) electrons. The highest BCUT2D eigenvalue weighted by Crippen LogP contribution is 2.28. The fraction of sp³-hybridized carbons (Fsp3) is 0.100. The summed E-state index contributed by atoms with van der Waals surface area (Å²) >= 11 is 6.64. The average Bonchev–Trinajstić information content (AvgIpc) is 2.07. The molecule has 0 saturated carbocycles. The van der Waals surface area contributed by atoms with Crippen LogP contribution < -0.4 is 0 Å². The van der Waals surface area contributed by atoms with Crippen molar-refractivity contribution in [2.45, 2.75) is 6.92 Å². The maximum absolute atomic E-state index is 13.5. The fourth-order valence-electron chi connectivity index (χ4n) is 1.33. The minimum atomic E-state index is -0.307. The molecule has 0 spiro atoms. The quantitative estimate of drug-likeness (QED) is 0.709. The van der Waals surface area contributed by atoms with Crippen LogP contribution >= 0.6 is 31.9 Å². The maximum Gasteiger partial charge on any atom is 0.150 e. The van der Waals surface area contributed by atoms with Crippen molar-refractivity contribution < 1.29 is 4.39 Å². The lowest BCUT2D eigenvalue weighted by atomic mass is 10.2. The van der Waals surface area contributed by atoms with Gasteiger partial charge in [0.05, 0.1) is 0 Å². The summed E-state index contributed by atoms with van der Waals surface area (Å²) in [4.78, 5) is 4.15. The Morgan fingerprint density at radius 1 is 1.21 bits per heavy atom. The molecule has 72 valence electrons. The highest BCUT2D eigenvalue weighted by atomic mass is 79.9. The highest BCUT2D eigenvalue weighted by molar-refractivity contribution is 9.11. The third-order valence-electron chi connectivity index (χ3n) is 1.91. The molecule has 1 aromatic carbocycles. The van der Waals surface area contributed by atoms with E-state index in [-0.39, 0.29) is 5.82 Å². The zero-order valence-corrected chi connectivity index (χ0v) is 10.5. The summed E-state index contributed by atoms with van der Waals surface area (Å²) in [6.07, 6.45) is 0. The van der Waals surface area contributed by atoms with E-state index in [9.17, 15) is 4.39 Å². The Morgan fingerprint density at radius 3 is 2.64 bits per heavy atom. The molecular formula is C10H6Br2FN. The number of hydrogen-bond acceptors (Lipinski definition) is 1. The Kier molecular flexibility index (Phi) is 2.58. The van der Waals surface area contributed by atoms with Gasteiger partial charge in [0.2, 0.25) is 0 Å². The lowest BCUT2D eigenvalue weighted by molar-refractivity contribution is 0.635. The van der Waals surface area contributed by atoms with Crippen LogP contribution in [0, 0.1) is 12.7 Å². The van der Waals surface area contributed by atoms with E-state index in [1.165, 1.54) is 6.07 Å². The minimum Gasteiger partial charge on any atom is -0.250 e. The summed E-state index contributed by atoms with van der Waals surface area (Å²) < 4.78 is 15.1. The third kappa shape index (κ3) is 1.68. The number of nitrogens with zero attached hydrogens (tertiary/aromatic N) is 1. The Bertz CT molecular complexity index is 464. The molecule has 0 aliphatic heterocycles. The van der Waals surface area contributed by atoms with Gasteiger partial charge >= 0.3 is 0 Å². The van der Waals surface area contributed by atoms with Crippen LogP contribution in [0.5, 0.6) is 0 Å². The molecule has 4 heteroatoms. The first-order valence-corrected chi connectivity index (χ1v) is 5.58. The van der Waals surface area contributed by atoms with Crippen molar-refractivity contribution >= 4 is 42.8 Å². The number of pyridine rings is 1. The molecule has 0 fully saturated rings. The largest absolute Gasteiger partial charge is 0.250 e. The summed E-state index contributed by atoms with van der Waals surface area (Å²) in [5.74, 6) is -0.307. The van der Waals surface area contributed by atoms with Crippen LogP contribution in [0.2, 0.25) is 0 Å². The summed E-state index contributed by atoms with van der Waals surface area (Å²) in [5, 5.41) is 0.780. The molecule has 2 rings (SSSR count). The average molecular weight is 319 g/mol. The monoisotopic (exact) mass is 317 g/mol. The molecule has 0 N–H and O–H groups in total. The lowest BCUT2D eigenvalue weighted by Crippen LogP contribution is -1.89. The highest BCUT2D eigenvalue weighted by Gasteiger charge is 2.07. The molecule has 0 aliphatic rings. The van der Waals surface area contributed by atoms with Crippen LogP contribution in [-0.2, 0) is 0 Å². The van der Waals surface area contributed by atoms with Crippen molar-refractivity contribution in [3.63, 3.8) is 0 Å². The van der Waals surface area contributed by atoms with Crippen LogP contribution in [-0.4, -0.2) is 4.98 Å². The van der Waals surface area contributed by atoms with Crippen molar-refractivity contribution in [1.29, 1.82) is 0 Å². The summed E-state index contributed by atoms with van der Waals surface area (Å²) in [6, 6.07) is 5.13. The molecule has 2 aromatic rings. The van der Waals surface area contributed by atoms with Crippen LogP contribution in [0.4, 0.5) is 4.39 Å². The number of benzene rings is 1. The van der Waals surface area contributed by atoms with Crippen molar-refractivity contribution in [1.82, 2.24) is 4.98 Å². The van der Waals surface area contributed by atoms with Gasteiger partial charge < -0.3 is 0 Å². The van der Waals surface area contributed by atoms with Crippen LogP contribution in [0.25, 0.3) is 10.9 Å². The summed E-state index contributed by atoms with van der Waals surface area (Å²) in [7, 11) is 0. The number of rotatable bonds is 0. The van der Waals surface area contributed by atoms with Crippen molar-refractivity contribution in [3.05, 3.63) is 38.7 Å². The second kappa shape index (κ2) is 3.59. The van der Waals surface area contributed by atoms with Crippen molar-refractivity contribution in [2.24, 2.45) is 0 Å². The second-order valence-electron chi connectivity index (χ2n) is 3.03. The molecule has 0 aliphatic carbocycles. The summed E-state index contributed by atoms with van der Waals surface area (Å²) in [6.45, 7) is 1.84. The van der Waals surface area contributed by atoms with Gasteiger partial charge in [0.1, 0.15) is 5.52 Å². The number of halogens is 3. The predicted molar refractivity (Wildman–Crippen MR) is 61.8 cm³/mol. The third-order valence-corrected chi connectivity index (χ3v) is 3.02. The van der Waals surface area contributed by atoms with Gasteiger partial charge in [0.15, 0.2) is 5.82 Å². The van der Waals surface area contributed by atoms with Gasteiger partial charge in [-0.15, -0.1) is 0 Å². The van der Waals surface area contributed by atoms with E-state index < -0.39 is 0 Å². The van der Waals surface area contributed by atoms with E-state index >= 15 is 0 Å². The van der Waals surface area contributed by atoms with Crippen LogP contribution in [0.1, 0.15) is 5.69 Å². The SMILES string of the molecule is Cc1cc(Br)c2cc(Br)cc(F)c2n1. The van der Waals surface area contributed by atoms with Crippen LogP contribution in [0.15, 0.2) is 27.1 Å². The van der Waals surface area contributed by atoms with Crippen molar-refractivity contribution in [3.8, 4) is 0 Å². The van der Waals surface area contributed by atoms with E-state index in [0.717, 1.165) is 15.6 Å². The van der Waals surface area contributed by atoms with E-state index in [2.05, 4.69) is 36.8 Å². The Balaban J connectivity index is 2.94. The van der Waals surface area contributed by atoms with Gasteiger partial charge in [-0.05, 0) is 25.1 Å².